The Hall–Kier alpha value is -3.33. The second-order valence-electron chi connectivity index (χ2n) is 5.94. The Balaban J connectivity index is 1.65. The van der Waals surface area contributed by atoms with E-state index in [0.29, 0.717) is 13.1 Å². The summed E-state index contributed by atoms with van der Waals surface area (Å²) in [6.45, 7) is 1.19. The van der Waals surface area contributed by atoms with Crippen molar-refractivity contribution in [2.45, 2.75) is 13.1 Å². The van der Waals surface area contributed by atoms with E-state index in [-0.39, 0.29) is 12.5 Å². The molecule has 2 aromatic heterocycles. The zero-order chi connectivity index (χ0) is 17.9. The Morgan fingerprint density at radius 3 is 1.96 bits per heavy atom. The summed E-state index contributed by atoms with van der Waals surface area (Å²) in [5.74, 6) is -0.301. The highest BCUT2D eigenvalue weighted by molar-refractivity contribution is 5.78. The predicted octanol–water partition coefficient (Wildman–Crippen LogP) is 1.40. The van der Waals surface area contributed by atoms with Gasteiger partial charge < -0.3 is 4.74 Å². The number of aromatic amines is 2. The average Bonchev–Trinajstić information content (AvgIpc) is 3.31. The quantitative estimate of drug-likeness (QED) is 0.505. The fraction of sp³-hybridized carbons (Fsp3) is 0.235. The van der Waals surface area contributed by atoms with Gasteiger partial charge in [0.25, 0.3) is 0 Å². The molecular weight excluding hydrogens is 334 g/mol. The SMILES string of the molecule is COC(=O)CN(Cc1cccc2n[nH]nc12)Cc1cccc2n[nH]nc12. The number of methoxy groups -OCH3 is 1. The molecular formula is C17H17N7O2. The molecule has 4 rings (SSSR count). The number of nitrogens with one attached hydrogen (secondary N) is 2. The number of hydrogen-bond donors (Lipinski definition) is 2. The monoisotopic (exact) mass is 351 g/mol. The van der Waals surface area contributed by atoms with Crippen LogP contribution in [0.5, 0.6) is 0 Å². The molecule has 4 aromatic rings. The number of para-hydroxylation sites is 2. The normalized spacial score (nSPS) is 11.5. The van der Waals surface area contributed by atoms with E-state index in [1.54, 1.807) is 0 Å². The maximum atomic E-state index is 11.9. The van der Waals surface area contributed by atoms with Crippen LogP contribution in [0.2, 0.25) is 0 Å². The zero-order valence-corrected chi connectivity index (χ0v) is 14.1. The Kier molecular flexibility index (Phi) is 4.28. The van der Waals surface area contributed by atoms with Gasteiger partial charge in [-0.3, -0.25) is 9.69 Å². The van der Waals surface area contributed by atoms with Crippen LogP contribution < -0.4 is 0 Å². The van der Waals surface area contributed by atoms with E-state index >= 15 is 0 Å². The van der Waals surface area contributed by atoms with Crippen LogP contribution in [-0.4, -0.2) is 55.3 Å². The van der Waals surface area contributed by atoms with E-state index in [1.807, 2.05) is 41.3 Å². The van der Waals surface area contributed by atoms with E-state index < -0.39 is 0 Å². The molecule has 2 aromatic carbocycles. The number of H-pyrrole nitrogens is 2. The van der Waals surface area contributed by atoms with Crippen LogP contribution in [0.4, 0.5) is 0 Å². The van der Waals surface area contributed by atoms with Crippen LogP contribution in [0.3, 0.4) is 0 Å². The smallest absolute Gasteiger partial charge is 0.319 e. The van der Waals surface area contributed by atoms with Crippen LogP contribution in [0.15, 0.2) is 36.4 Å². The molecule has 0 radical (unpaired) electrons. The molecule has 132 valence electrons. The Morgan fingerprint density at radius 2 is 1.46 bits per heavy atom. The van der Waals surface area contributed by atoms with Gasteiger partial charge in [-0.15, -0.1) is 0 Å². The number of carbonyl (C=O) groups excluding carboxylic acids is 1. The molecule has 9 nitrogen and oxygen atoms in total. The van der Waals surface area contributed by atoms with Crippen molar-refractivity contribution in [3.8, 4) is 0 Å². The lowest BCUT2D eigenvalue weighted by Crippen LogP contribution is -2.30. The molecule has 0 unspecified atom stereocenters. The van der Waals surface area contributed by atoms with Crippen molar-refractivity contribution in [1.82, 2.24) is 35.7 Å². The molecule has 0 bridgehead atoms. The molecule has 2 N–H and O–H groups in total. The summed E-state index contributed by atoms with van der Waals surface area (Å²) in [4.78, 5) is 13.9. The number of fused-ring (bicyclic) bond motifs is 2. The molecule has 0 aliphatic carbocycles. The van der Waals surface area contributed by atoms with Gasteiger partial charge in [0.15, 0.2) is 0 Å². The number of benzene rings is 2. The van der Waals surface area contributed by atoms with Crippen molar-refractivity contribution in [2.24, 2.45) is 0 Å². The Morgan fingerprint density at radius 1 is 0.923 bits per heavy atom. The molecule has 0 saturated heterocycles. The predicted molar refractivity (Wildman–Crippen MR) is 93.9 cm³/mol. The highest BCUT2D eigenvalue weighted by Crippen LogP contribution is 2.20. The summed E-state index contributed by atoms with van der Waals surface area (Å²) in [6.07, 6.45) is 0. The highest BCUT2D eigenvalue weighted by atomic mass is 16.5. The van der Waals surface area contributed by atoms with E-state index in [4.69, 9.17) is 4.74 Å². The topological polar surface area (TPSA) is 113 Å². The van der Waals surface area contributed by atoms with Crippen molar-refractivity contribution in [2.75, 3.05) is 13.7 Å². The van der Waals surface area contributed by atoms with Crippen LogP contribution >= 0.6 is 0 Å². The van der Waals surface area contributed by atoms with Crippen molar-refractivity contribution in [3.63, 3.8) is 0 Å². The number of carbonyl (C=O) groups is 1. The first-order chi connectivity index (χ1) is 12.7. The third kappa shape index (κ3) is 3.11. The highest BCUT2D eigenvalue weighted by Gasteiger charge is 2.17. The number of rotatable bonds is 6. The first-order valence-electron chi connectivity index (χ1n) is 8.10. The number of ether oxygens (including phenoxy) is 1. The van der Waals surface area contributed by atoms with E-state index in [9.17, 15) is 4.79 Å². The standard InChI is InChI=1S/C17H17N7O2/c1-26-15(25)10-24(8-11-4-2-6-13-16(11)20-22-18-13)9-12-5-3-7-14-17(12)21-23-19-14/h2-7H,8-10H2,1H3,(H,18,20,22)(H,19,21,23). The van der Waals surface area contributed by atoms with Gasteiger partial charge in [-0.25, -0.2) is 0 Å². The van der Waals surface area contributed by atoms with Gasteiger partial charge in [-0.2, -0.15) is 30.8 Å². The van der Waals surface area contributed by atoms with Gasteiger partial charge in [-0.1, -0.05) is 24.3 Å². The molecule has 0 aliphatic rings. The summed E-state index contributed by atoms with van der Waals surface area (Å²) >= 11 is 0. The average molecular weight is 351 g/mol. The van der Waals surface area contributed by atoms with E-state index in [1.165, 1.54) is 7.11 Å². The first kappa shape index (κ1) is 16.2. The maximum absolute atomic E-state index is 11.9. The van der Waals surface area contributed by atoms with Crippen molar-refractivity contribution in [3.05, 3.63) is 47.5 Å². The second-order valence-corrected chi connectivity index (χ2v) is 5.94. The Labute approximate surface area is 148 Å². The fourth-order valence-electron chi connectivity index (χ4n) is 3.00. The summed E-state index contributed by atoms with van der Waals surface area (Å²) < 4.78 is 4.85. The number of nitrogens with zero attached hydrogens (tertiary/aromatic N) is 5. The number of hydrogen-bond acceptors (Lipinski definition) is 7. The largest absolute Gasteiger partial charge is 0.468 e. The first-order valence-corrected chi connectivity index (χ1v) is 8.10. The fourth-order valence-corrected chi connectivity index (χ4v) is 3.00. The minimum absolute atomic E-state index is 0.152. The molecule has 0 atom stereocenters. The van der Waals surface area contributed by atoms with E-state index in [2.05, 4.69) is 30.8 Å². The van der Waals surface area contributed by atoms with Crippen molar-refractivity contribution < 1.29 is 9.53 Å². The van der Waals surface area contributed by atoms with Gasteiger partial charge in [0, 0.05) is 13.1 Å². The lowest BCUT2D eigenvalue weighted by molar-refractivity contribution is -0.142. The molecule has 0 amide bonds. The minimum atomic E-state index is -0.301. The zero-order valence-electron chi connectivity index (χ0n) is 14.1. The molecule has 26 heavy (non-hydrogen) atoms. The maximum Gasteiger partial charge on any atom is 0.319 e. The third-order valence-electron chi connectivity index (χ3n) is 4.23. The van der Waals surface area contributed by atoms with Gasteiger partial charge >= 0.3 is 5.97 Å². The lowest BCUT2D eigenvalue weighted by atomic mass is 10.1. The lowest BCUT2D eigenvalue weighted by Gasteiger charge is -2.21. The molecule has 0 saturated carbocycles. The van der Waals surface area contributed by atoms with Crippen LogP contribution in [0.25, 0.3) is 22.1 Å². The van der Waals surface area contributed by atoms with Crippen molar-refractivity contribution >= 4 is 28.0 Å². The van der Waals surface area contributed by atoms with Crippen LogP contribution in [-0.2, 0) is 22.6 Å². The van der Waals surface area contributed by atoms with Gasteiger partial charge in [0.1, 0.15) is 22.1 Å². The molecule has 0 spiro atoms. The van der Waals surface area contributed by atoms with Gasteiger partial charge in [-0.05, 0) is 23.3 Å². The summed E-state index contributed by atoms with van der Waals surface area (Å²) in [5, 5.41) is 21.9. The molecule has 0 fully saturated rings. The molecule has 0 aliphatic heterocycles. The third-order valence-corrected chi connectivity index (χ3v) is 4.23. The van der Waals surface area contributed by atoms with E-state index in [0.717, 1.165) is 33.2 Å². The Bertz CT molecular complexity index is 979. The number of aromatic nitrogens is 6. The number of esters is 1. The van der Waals surface area contributed by atoms with Crippen molar-refractivity contribution in [1.29, 1.82) is 0 Å². The summed E-state index contributed by atoms with van der Waals surface area (Å²) in [6, 6.07) is 11.6. The summed E-state index contributed by atoms with van der Waals surface area (Å²) in [7, 11) is 1.39. The van der Waals surface area contributed by atoms with Gasteiger partial charge in [0.05, 0.1) is 13.7 Å². The second kappa shape index (κ2) is 6.89. The minimum Gasteiger partial charge on any atom is -0.468 e. The van der Waals surface area contributed by atoms with Gasteiger partial charge in [0.2, 0.25) is 0 Å². The molecule has 9 heteroatoms. The summed E-state index contributed by atoms with van der Waals surface area (Å²) in [5.41, 5.74) is 5.13. The van der Waals surface area contributed by atoms with Crippen LogP contribution in [0, 0.1) is 0 Å². The molecule has 2 heterocycles. The van der Waals surface area contributed by atoms with Crippen LogP contribution in [0.1, 0.15) is 11.1 Å².